The molecular formula is C20H20FN5O2S. The zero-order valence-corrected chi connectivity index (χ0v) is 16.4. The Morgan fingerprint density at radius 1 is 1.14 bits per heavy atom. The highest BCUT2D eigenvalue weighted by Gasteiger charge is 2.20. The lowest BCUT2D eigenvalue weighted by Gasteiger charge is -2.19. The predicted molar refractivity (Wildman–Crippen MR) is 112 cm³/mol. The van der Waals surface area contributed by atoms with Gasteiger partial charge in [-0.1, -0.05) is 30.3 Å². The highest BCUT2D eigenvalue weighted by atomic mass is 32.1. The summed E-state index contributed by atoms with van der Waals surface area (Å²) in [7, 11) is 0. The van der Waals surface area contributed by atoms with Gasteiger partial charge in [0.15, 0.2) is 0 Å². The fourth-order valence-electron chi connectivity index (χ4n) is 2.81. The molecule has 0 aliphatic heterocycles. The Bertz CT molecular complexity index is 1040. The molecule has 150 valence electrons. The van der Waals surface area contributed by atoms with E-state index in [0.717, 1.165) is 17.3 Å². The largest absolute Gasteiger partial charge is 0.371 e. The van der Waals surface area contributed by atoms with Gasteiger partial charge in [-0.2, -0.15) is 4.37 Å². The van der Waals surface area contributed by atoms with E-state index in [2.05, 4.69) is 15.0 Å². The number of nitrogens with zero attached hydrogens (tertiary/aromatic N) is 1. The number of benzene rings is 2. The van der Waals surface area contributed by atoms with Crippen molar-refractivity contribution in [2.45, 2.75) is 19.4 Å². The monoisotopic (exact) mass is 413 g/mol. The zero-order chi connectivity index (χ0) is 21.0. The number of primary amides is 2. The van der Waals surface area contributed by atoms with Crippen LogP contribution in [-0.2, 0) is 11.2 Å². The summed E-state index contributed by atoms with van der Waals surface area (Å²) in [6, 6.07) is 12.6. The van der Waals surface area contributed by atoms with Crippen molar-refractivity contribution in [3.8, 4) is 0 Å². The van der Waals surface area contributed by atoms with Crippen LogP contribution in [0.15, 0.2) is 48.5 Å². The molecule has 1 atom stereocenters. The number of nitrogens with two attached hydrogens (primary N) is 2. The molecule has 0 unspecified atom stereocenters. The third-order valence-corrected chi connectivity index (χ3v) is 5.01. The van der Waals surface area contributed by atoms with Crippen LogP contribution in [0.3, 0.4) is 0 Å². The topological polar surface area (TPSA) is 123 Å². The number of carbonyl (C=O) groups excluding carboxylic acids is 2. The minimum atomic E-state index is -0.843. The minimum Gasteiger partial charge on any atom is -0.371 e. The first-order valence-electron chi connectivity index (χ1n) is 8.77. The molecule has 1 aromatic heterocycles. The normalized spacial score (nSPS) is 11.7. The van der Waals surface area contributed by atoms with Crippen LogP contribution < -0.4 is 22.1 Å². The lowest BCUT2D eigenvalue weighted by molar-refractivity contribution is -0.118. The molecule has 2 amide bonds. The standard InChI is InChI=1S/C20H20FN5O2S/c1-11-7-18(29-26-11)25-15-10-16(14(21)9-13(15)19(22)27)24-17(20(23)28)8-12-5-3-2-4-6-12/h2-7,9-10,17,24-25H,8H2,1H3,(H2,22,27)(H2,23,28)/t17-/m1/s1. The van der Waals surface area contributed by atoms with Crippen LogP contribution in [0.4, 0.5) is 20.8 Å². The number of aromatic nitrogens is 1. The number of halogens is 1. The van der Waals surface area contributed by atoms with Crippen LogP contribution in [0.25, 0.3) is 0 Å². The fourth-order valence-corrected chi connectivity index (χ4v) is 3.48. The van der Waals surface area contributed by atoms with E-state index in [4.69, 9.17) is 11.5 Å². The third kappa shape index (κ3) is 5.08. The molecule has 7 nitrogen and oxygen atoms in total. The average molecular weight is 413 g/mol. The molecular weight excluding hydrogens is 393 g/mol. The summed E-state index contributed by atoms with van der Waals surface area (Å²) in [5.74, 6) is -2.13. The Morgan fingerprint density at radius 2 is 1.86 bits per heavy atom. The first-order chi connectivity index (χ1) is 13.8. The number of carbonyl (C=O) groups is 2. The smallest absolute Gasteiger partial charge is 0.250 e. The van der Waals surface area contributed by atoms with Crippen LogP contribution in [0, 0.1) is 12.7 Å². The van der Waals surface area contributed by atoms with Gasteiger partial charge < -0.3 is 22.1 Å². The molecule has 0 radical (unpaired) electrons. The average Bonchev–Trinajstić information content (AvgIpc) is 3.08. The Kier molecular flexibility index (Phi) is 6.08. The number of nitrogens with one attached hydrogen (secondary N) is 2. The molecule has 6 N–H and O–H groups in total. The predicted octanol–water partition coefficient (Wildman–Crippen LogP) is 2.94. The van der Waals surface area contributed by atoms with Crippen molar-refractivity contribution in [3.05, 3.63) is 71.2 Å². The second-order valence-corrected chi connectivity index (χ2v) is 7.29. The van der Waals surface area contributed by atoms with Crippen molar-refractivity contribution in [3.63, 3.8) is 0 Å². The van der Waals surface area contributed by atoms with E-state index in [0.29, 0.717) is 10.7 Å². The van der Waals surface area contributed by atoms with Gasteiger partial charge >= 0.3 is 0 Å². The fraction of sp³-hybridized carbons (Fsp3) is 0.150. The van der Waals surface area contributed by atoms with Crippen LogP contribution in [0.2, 0.25) is 0 Å². The number of anilines is 3. The molecule has 0 aliphatic rings. The Morgan fingerprint density at radius 3 is 2.45 bits per heavy atom. The van der Waals surface area contributed by atoms with Gasteiger partial charge in [-0.15, -0.1) is 0 Å². The first kappa shape index (κ1) is 20.3. The van der Waals surface area contributed by atoms with E-state index < -0.39 is 23.7 Å². The number of hydrogen-bond acceptors (Lipinski definition) is 6. The van der Waals surface area contributed by atoms with E-state index in [9.17, 15) is 14.0 Å². The second-order valence-electron chi connectivity index (χ2n) is 6.49. The van der Waals surface area contributed by atoms with E-state index in [-0.39, 0.29) is 17.7 Å². The molecule has 3 rings (SSSR count). The van der Waals surface area contributed by atoms with Gasteiger partial charge in [-0.05, 0) is 42.2 Å². The van der Waals surface area contributed by atoms with E-state index in [1.54, 1.807) is 6.07 Å². The summed E-state index contributed by atoms with van der Waals surface area (Å²) in [4.78, 5) is 23.7. The van der Waals surface area contributed by atoms with Gasteiger partial charge in [0.05, 0.1) is 22.6 Å². The van der Waals surface area contributed by atoms with Gasteiger partial charge in [-0.3, -0.25) is 9.59 Å². The SMILES string of the molecule is Cc1cc(Nc2cc(N[C@H](Cc3ccccc3)C(N)=O)c(F)cc2C(N)=O)sn1. The molecule has 0 saturated heterocycles. The summed E-state index contributed by atoms with van der Waals surface area (Å²) in [6.45, 7) is 1.83. The number of rotatable bonds is 8. The highest BCUT2D eigenvalue weighted by Crippen LogP contribution is 2.29. The van der Waals surface area contributed by atoms with Crippen molar-refractivity contribution in [1.82, 2.24) is 4.37 Å². The summed E-state index contributed by atoms with van der Waals surface area (Å²) >= 11 is 1.19. The maximum Gasteiger partial charge on any atom is 0.250 e. The summed E-state index contributed by atoms with van der Waals surface area (Å²) in [5.41, 5.74) is 12.9. The molecule has 9 heteroatoms. The highest BCUT2D eigenvalue weighted by molar-refractivity contribution is 7.10. The molecule has 29 heavy (non-hydrogen) atoms. The minimum absolute atomic E-state index is 0.0159. The Labute approximate surface area is 171 Å². The molecule has 0 spiro atoms. The van der Waals surface area contributed by atoms with Gasteiger partial charge in [0.1, 0.15) is 16.9 Å². The van der Waals surface area contributed by atoms with Crippen molar-refractivity contribution in [2.75, 3.05) is 10.6 Å². The third-order valence-electron chi connectivity index (χ3n) is 4.21. The lowest BCUT2D eigenvalue weighted by atomic mass is 10.0. The van der Waals surface area contributed by atoms with Crippen LogP contribution >= 0.6 is 11.5 Å². The summed E-state index contributed by atoms with van der Waals surface area (Å²) < 4.78 is 18.8. The van der Waals surface area contributed by atoms with Crippen LogP contribution in [0.5, 0.6) is 0 Å². The maximum atomic E-state index is 14.6. The molecule has 1 heterocycles. The molecule has 3 aromatic rings. The quantitative estimate of drug-likeness (QED) is 0.452. The molecule has 2 aromatic carbocycles. The summed E-state index contributed by atoms with van der Waals surface area (Å²) in [6.07, 6.45) is 0.282. The number of amides is 2. The Balaban J connectivity index is 1.91. The molecule has 0 saturated carbocycles. The number of aryl methyl sites for hydroxylation is 1. The van der Waals surface area contributed by atoms with Gasteiger partial charge in [-0.25, -0.2) is 4.39 Å². The van der Waals surface area contributed by atoms with Crippen molar-refractivity contribution in [1.29, 1.82) is 0 Å². The van der Waals surface area contributed by atoms with Crippen LogP contribution in [-0.4, -0.2) is 22.2 Å². The maximum absolute atomic E-state index is 14.6. The first-order valence-corrected chi connectivity index (χ1v) is 9.54. The van der Waals surface area contributed by atoms with Gasteiger partial charge in [0.25, 0.3) is 5.91 Å². The van der Waals surface area contributed by atoms with Crippen molar-refractivity contribution >= 4 is 39.7 Å². The zero-order valence-electron chi connectivity index (χ0n) is 15.6. The second kappa shape index (κ2) is 8.70. The summed E-state index contributed by atoms with van der Waals surface area (Å²) in [5, 5.41) is 6.53. The molecule has 0 fully saturated rings. The number of hydrogen-bond donors (Lipinski definition) is 4. The Hall–Kier alpha value is -3.46. The van der Waals surface area contributed by atoms with E-state index in [1.165, 1.54) is 17.6 Å². The lowest BCUT2D eigenvalue weighted by Crippen LogP contribution is -2.37. The van der Waals surface area contributed by atoms with Crippen molar-refractivity contribution in [2.24, 2.45) is 11.5 Å². The van der Waals surface area contributed by atoms with Gasteiger partial charge in [0, 0.05) is 6.42 Å². The molecule has 0 bridgehead atoms. The molecule has 0 aliphatic carbocycles. The van der Waals surface area contributed by atoms with Gasteiger partial charge in [0.2, 0.25) is 5.91 Å². The van der Waals surface area contributed by atoms with E-state index in [1.807, 2.05) is 37.3 Å². The van der Waals surface area contributed by atoms with Crippen LogP contribution in [0.1, 0.15) is 21.6 Å². The van der Waals surface area contributed by atoms with Crippen molar-refractivity contribution < 1.29 is 14.0 Å². The van der Waals surface area contributed by atoms with E-state index >= 15 is 0 Å².